The number of Topliss-reactive ketones (excluding diaryl/α,β-unsaturated/α-hetero) is 1. The van der Waals surface area contributed by atoms with Gasteiger partial charge in [-0.2, -0.15) is 4.31 Å². The Balaban J connectivity index is 1.40. The molecule has 3 fully saturated rings. The van der Waals surface area contributed by atoms with Crippen molar-refractivity contribution in [2.45, 2.75) is 87.9 Å². The van der Waals surface area contributed by atoms with Crippen molar-refractivity contribution >= 4 is 21.9 Å². The molecule has 2 aromatic carbocycles. The molecule has 5 atom stereocenters. The molecule has 2 saturated heterocycles. The van der Waals surface area contributed by atoms with Gasteiger partial charge in [0.25, 0.3) is 0 Å². The minimum absolute atomic E-state index is 0.00634. The Bertz CT molecular complexity index is 1470. The van der Waals surface area contributed by atoms with Gasteiger partial charge in [0.05, 0.1) is 25.0 Å². The van der Waals surface area contributed by atoms with Gasteiger partial charge in [0.2, 0.25) is 10.0 Å². The van der Waals surface area contributed by atoms with Crippen LogP contribution >= 0.6 is 0 Å². The number of hydrogen-bond donors (Lipinski definition) is 2. The molecule has 2 aliphatic heterocycles. The molecule has 0 radical (unpaired) electrons. The highest BCUT2D eigenvalue weighted by atomic mass is 32.2. The van der Waals surface area contributed by atoms with Crippen molar-refractivity contribution in [2.75, 3.05) is 33.1 Å². The number of nitrogens with zero attached hydrogens (tertiary/aromatic N) is 1. The summed E-state index contributed by atoms with van der Waals surface area (Å²) >= 11 is 0. The fraction of sp³-hybridized carbons (Fsp3) is 0.588. The lowest BCUT2D eigenvalue weighted by Gasteiger charge is -2.38. The molecule has 1 unspecified atom stereocenters. The lowest BCUT2D eigenvalue weighted by molar-refractivity contribution is -0.121. The van der Waals surface area contributed by atoms with Crippen molar-refractivity contribution in [2.24, 2.45) is 5.92 Å². The lowest BCUT2D eigenvalue weighted by atomic mass is 9.71. The normalized spacial score (nSPS) is 27.2. The van der Waals surface area contributed by atoms with Gasteiger partial charge in [-0.25, -0.2) is 22.0 Å². The second-order valence-electron chi connectivity index (χ2n) is 12.8. The Morgan fingerprint density at radius 1 is 1.04 bits per heavy atom. The van der Waals surface area contributed by atoms with Crippen molar-refractivity contribution in [1.29, 1.82) is 0 Å². The molecular formula is C34H45F2N3O6S. The highest BCUT2D eigenvalue weighted by molar-refractivity contribution is 7.89. The van der Waals surface area contributed by atoms with E-state index in [9.17, 15) is 22.4 Å². The average molecular weight is 662 g/mol. The summed E-state index contributed by atoms with van der Waals surface area (Å²) in [6.07, 6.45) is 4.30. The zero-order chi connectivity index (χ0) is 32.8. The van der Waals surface area contributed by atoms with Crippen LogP contribution in [0, 0.1) is 17.6 Å². The van der Waals surface area contributed by atoms with Gasteiger partial charge in [-0.05, 0) is 92.2 Å². The minimum Gasteiger partial charge on any atom is -0.453 e. The summed E-state index contributed by atoms with van der Waals surface area (Å²) in [5.41, 5.74) is 1.57. The average Bonchev–Trinajstić information content (AvgIpc) is 3.16. The Labute approximate surface area is 270 Å². The second-order valence-corrected chi connectivity index (χ2v) is 14.9. The fourth-order valence-electron chi connectivity index (χ4n) is 7.56. The summed E-state index contributed by atoms with van der Waals surface area (Å²) < 4.78 is 67.4. The highest BCUT2D eigenvalue weighted by Gasteiger charge is 2.40. The molecule has 2 N–H and O–H groups in total. The minimum atomic E-state index is -3.40. The standard InChI is InChI=1S/C34H45F2N3O6S/c1-44-28-15-10-23(11-16-28)32(22-8-12-25(35)13-9-22)33(38-34(41)45-2)31(40)19-24-5-3-7-30(36)29(24)17-14-27-20-37-26-6-4-18-46(42,43)39(27)21-26/h3,5,7-9,12-13,23,26-28,32-33,37H,4,6,10-11,14-21H2,1-2H3,(H,38,41)/t23?,26-,27+,28?,32+,33-/m1/s1. The summed E-state index contributed by atoms with van der Waals surface area (Å²) in [5.74, 6) is -1.56. The third-order valence-electron chi connectivity index (χ3n) is 10.0. The molecule has 0 aromatic heterocycles. The zero-order valence-electron chi connectivity index (χ0n) is 26.6. The van der Waals surface area contributed by atoms with Crippen molar-refractivity contribution in [3.05, 3.63) is 70.8 Å². The first kappa shape index (κ1) is 34.4. The number of alkyl carbamates (subject to hydrolysis) is 1. The number of hydrogen-bond acceptors (Lipinski definition) is 7. The molecule has 252 valence electrons. The molecule has 2 aromatic rings. The van der Waals surface area contributed by atoms with E-state index in [1.165, 1.54) is 25.3 Å². The molecule has 46 heavy (non-hydrogen) atoms. The van der Waals surface area contributed by atoms with Gasteiger partial charge in [0.1, 0.15) is 11.6 Å². The second kappa shape index (κ2) is 15.3. The Hall–Kier alpha value is -2.93. The summed E-state index contributed by atoms with van der Waals surface area (Å²) in [6.45, 7) is 0.899. The third kappa shape index (κ3) is 8.13. The van der Waals surface area contributed by atoms with Gasteiger partial charge in [0, 0.05) is 44.6 Å². The molecule has 12 heteroatoms. The van der Waals surface area contributed by atoms with Crippen LogP contribution in [0.5, 0.6) is 0 Å². The van der Waals surface area contributed by atoms with Crippen LogP contribution in [0.1, 0.15) is 67.6 Å². The lowest BCUT2D eigenvalue weighted by Crippen LogP contribution is -2.57. The number of sulfonamides is 1. The number of carbonyl (C=O) groups is 2. The molecule has 1 amide bonds. The van der Waals surface area contributed by atoms with Crippen LogP contribution < -0.4 is 10.6 Å². The number of ketones is 1. The molecule has 5 rings (SSSR count). The van der Waals surface area contributed by atoms with Gasteiger partial charge in [-0.15, -0.1) is 0 Å². The van der Waals surface area contributed by atoms with E-state index < -0.39 is 39.7 Å². The number of benzene rings is 2. The van der Waals surface area contributed by atoms with E-state index in [4.69, 9.17) is 9.47 Å². The Morgan fingerprint density at radius 3 is 2.48 bits per heavy atom. The van der Waals surface area contributed by atoms with Crippen LogP contribution in [0.4, 0.5) is 13.6 Å². The Morgan fingerprint density at radius 2 is 1.78 bits per heavy atom. The van der Waals surface area contributed by atoms with Crippen LogP contribution in [0.15, 0.2) is 42.5 Å². The molecule has 9 nitrogen and oxygen atoms in total. The maximum Gasteiger partial charge on any atom is 0.407 e. The first-order chi connectivity index (χ1) is 22.1. The fourth-order valence-corrected chi connectivity index (χ4v) is 9.37. The van der Waals surface area contributed by atoms with E-state index in [1.807, 2.05) is 0 Å². The molecule has 0 spiro atoms. The number of methoxy groups -OCH3 is 2. The van der Waals surface area contributed by atoms with Crippen LogP contribution in [0.2, 0.25) is 0 Å². The summed E-state index contributed by atoms with van der Waals surface area (Å²) in [7, 11) is -0.496. The van der Waals surface area contributed by atoms with E-state index in [1.54, 1.807) is 35.7 Å². The van der Waals surface area contributed by atoms with Crippen molar-refractivity contribution < 1.29 is 36.3 Å². The van der Waals surface area contributed by atoms with E-state index in [-0.39, 0.29) is 48.5 Å². The Kier molecular flexibility index (Phi) is 11.5. The number of ether oxygens (including phenoxy) is 2. The zero-order valence-corrected chi connectivity index (χ0v) is 27.4. The van der Waals surface area contributed by atoms with Gasteiger partial charge >= 0.3 is 6.09 Å². The summed E-state index contributed by atoms with van der Waals surface area (Å²) in [4.78, 5) is 26.9. The molecular weight excluding hydrogens is 616 g/mol. The number of amides is 1. The van der Waals surface area contributed by atoms with Crippen molar-refractivity contribution in [1.82, 2.24) is 14.9 Å². The topological polar surface area (TPSA) is 114 Å². The molecule has 1 saturated carbocycles. The molecule has 2 bridgehead atoms. The number of fused-ring (bicyclic) bond motifs is 2. The largest absolute Gasteiger partial charge is 0.453 e. The first-order valence-corrected chi connectivity index (χ1v) is 17.8. The monoisotopic (exact) mass is 661 g/mol. The van der Waals surface area contributed by atoms with Crippen molar-refractivity contribution in [3.63, 3.8) is 0 Å². The maximum absolute atomic E-state index is 15.4. The summed E-state index contributed by atoms with van der Waals surface area (Å²) in [5, 5.41) is 6.21. The van der Waals surface area contributed by atoms with Crippen LogP contribution in [0.25, 0.3) is 0 Å². The number of rotatable bonds is 11. The summed E-state index contributed by atoms with van der Waals surface area (Å²) in [6, 6.07) is 9.39. The highest BCUT2D eigenvalue weighted by Crippen LogP contribution is 2.40. The molecule has 3 aliphatic rings. The van der Waals surface area contributed by atoms with Gasteiger partial charge in [0.15, 0.2) is 5.78 Å². The maximum atomic E-state index is 15.4. The van der Waals surface area contributed by atoms with Crippen LogP contribution in [-0.2, 0) is 37.1 Å². The third-order valence-corrected chi connectivity index (χ3v) is 12.0. The molecule has 2 heterocycles. The number of halogens is 2. The van der Waals surface area contributed by atoms with Crippen molar-refractivity contribution in [3.8, 4) is 0 Å². The van der Waals surface area contributed by atoms with Crippen LogP contribution in [0.3, 0.4) is 0 Å². The quantitative estimate of drug-likeness (QED) is 0.365. The van der Waals surface area contributed by atoms with E-state index in [0.717, 1.165) is 37.7 Å². The van der Waals surface area contributed by atoms with Gasteiger partial charge in [-0.1, -0.05) is 24.3 Å². The number of carbonyl (C=O) groups excluding carboxylic acids is 2. The SMILES string of the molecule is COC(=O)N[C@H](C(=O)Cc1cccc(F)c1CC[C@H]1CN[C@@H]2CCCS(=O)(=O)N1C2)[C@@H](c1ccc(F)cc1)C1CCC(OC)CC1. The predicted molar refractivity (Wildman–Crippen MR) is 170 cm³/mol. The van der Waals surface area contributed by atoms with E-state index in [2.05, 4.69) is 10.6 Å². The van der Waals surface area contributed by atoms with Gasteiger partial charge < -0.3 is 20.1 Å². The number of nitrogens with one attached hydrogen (secondary N) is 2. The van der Waals surface area contributed by atoms with E-state index >= 15 is 4.39 Å². The first-order valence-electron chi connectivity index (χ1n) is 16.2. The van der Waals surface area contributed by atoms with Crippen LogP contribution in [-0.4, -0.2) is 81.9 Å². The predicted octanol–water partition coefficient (Wildman–Crippen LogP) is 4.49. The number of piperazine rings is 1. The van der Waals surface area contributed by atoms with E-state index in [0.29, 0.717) is 37.1 Å². The van der Waals surface area contributed by atoms with Gasteiger partial charge in [-0.3, -0.25) is 4.79 Å². The smallest absolute Gasteiger partial charge is 0.407 e. The molecule has 1 aliphatic carbocycles.